The van der Waals surface area contributed by atoms with Gasteiger partial charge in [-0.25, -0.2) is 4.79 Å². The fraction of sp³-hybridized carbons (Fsp3) is 0.886. The molecule has 1 N–H and O–H groups in total. The monoisotopic (exact) mass is 739 g/mol. The summed E-state index contributed by atoms with van der Waals surface area (Å²) < 4.78 is 17.2. The number of nitrogens with zero attached hydrogens (tertiary/aromatic N) is 1. The van der Waals surface area contributed by atoms with E-state index >= 15 is 0 Å². The smallest absolute Gasteiger partial charge is 0.362 e. The summed E-state index contributed by atoms with van der Waals surface area (Å²) in [5.74, 6) is -1.47. The number of hydrogen-bond donors (Lipinski definition) is 1. The van der Waals surface area contributed by atoms with Crippen molar-refractivity contribution in [2.45, 2.75) is 212 Å². The number of carboxylic acid groups (broad SMARTS) is 1. The number of ether oxygens (including phenoxy) is 3. The molecule has 0 spiro atoms. The zero-order chi connectivity index (χ0) is 38.5. The van der Waals surface area contributed by atoms with E-state index in [1.165, 1.54) is 128 Å². The van der Waals surface area contributed by atoms with E-state index in [4.69, 9.17) is 14.2 Å². The van der Waals surface area contributed by atoms with Crippen molar-refractivity contribution in [1.82, 2.24) is 0 Å². The van der Waals surface area contributed by atoms with Gasteiger partial charge in [-0.2, -0.15) is 0 Å². The highest BCUT2D eigenvalue weighted by Gasteiger charge is 2.31. The predicted molar refractivity (Wildman–Crippen MR) is 215 cm³/mol. The van der Waals surface area contributed by atoms with Gasteiger partial charge in [0.2, 0.25) is 0 Å². The van der Waals surface area contributed by atoms with Crippen molar-refractivity contribution in [1.29, 1.82) is 0 Å². The van der Waals surface area contributed by atoms with Crippen LogP contribution in [0.3, 0.4) is 0 Å². The second-order valence-electron chi connectivity index (χ2n) is 16.0. The van der Waals surface area contributed by atoms with E-state index < -0.39 is 18.1 Å². The first-order valence-corrected chi connectivity index (χ1v) is 21.7. The maximum atomic E-state index is 12.7. The van der Waals surface area contributed by atoms with Crippen LogP contribution >= 0.6 is 0 Å². The Morgan fingerprint density at radius 3 is 1.38 bits per heavy atom. The van der Waals surface area contributed by atoms with E-state index in [1.807, 2.05) is 21.1 Å². The zero-order valence-electron chi connectivity index (χ0n) is 34.8. The molecule has 2 atom stereocenters. The summed E-state index contributed by atoms with van der Waals surface area (Å²) in [7, 11) is 5.52. The number of esters is 2. The second-order valence-corrected chi connectivity index (χ2v) is 16.0. The van der Waals surface area contributed by atoms with Gasteiger partial charge < -0.3 is 23.8 Å². The third-order valence-corrected chi connectivity index (χ3v) is 9.91. The molecule has 0 aromatic rings. The molecule has 0 aliphatic heterocycles. The van der Waals surface area contributed by atoms with Crippen LogP contribution in [-0.2, 0) is 28.6 Å². The lowest BCUT2D eigenvalue weighted by molar-refractivity contribution is -0.887. The van der Waals surface area contributed by atoms with E-state index in [-0.39, 0.29) is 36.2 Å². The minimum Gasteiger partial charge on any atom is -0.477 e. The van der Waals surface area contributed by atoms with Crippen LogP contribution in [0.4, 0.5) is 0 Å². The van der Waals surface area contributed by atoms with Crippen molar-refractivity contribution in [2.24, 2.45) is 0 Å². The van der Waals surface area contributed by atoms with Crippen molar-refractivity contribution < 1.29 is 38.2 Å². The van der Waals surface area contributed by atoms with E-state index in [1.54, 1.807) is 0 Å². The minimum absolute atomic E-state index is 0.0484. The third kappa shape index (κ3) is 33.9. The summed E-state index contributed by atoms with van der Waals surface area (Å²) in [6.07, 6.45) is 37.0. The lowest BCUT2D eigenvalue weighted by Gasteiger charge is -2.31. The number of rotatable bonds is 39. The Hall–Kier alpha value is -1.93. The number of likely N-dealkylation sites (N-methyl/N-ethyl adjacent to an activating group) is 1. The molecule has 52 heavy (non-hydrogen) atoms. The Balaban J connectivity index is 4.18. The molecule has 8 nitrogen and oxygen atoms in total. The van der Waals surface area contributed by atoms with Gasteiger partial charge in [-0.1, -0.05) is 154 Å². The molecular weight excluding hydrogens is 654 g/mol. The van der Waals surface area contributed by atoms with Gasteiger partial charge >= 0.3 is 17.9 Å². The summed E-state index contributed by atoms with van der Waals surface area (Å²) in [6, 6.07) is -0.610. The van der Waals surface area contributed by atoms with Gasteiger partial charge in [0.1, 0.15) is 6.61 Å². The third-order valence-electron chi connectivity index (χ3n) is 9.91. The maximum absolute atomic E-state index is 12.7. The molecule has 306 valence electrons. The predicted octanol–water partition coefficient (Wildman–Crippen LogP) is 11.5. The van der Waals surface area contributed by atoms with Crippen LogP contribution < -0.4 is 0 Å². The van der Waals surface area contributed by atoms with Gasteiger partial charge in [0.25, 0.3) is 0 Å². The largest absolute Gasteiger partial charge is 0.477 e. The quantitative estimate of drug-likeness (QED) is 0.0290. The van der Waals surface area contributed by atoms with E-state index in [2.05, 4.69) is 26.0 Å². The molecule has 0 aliphatic rings. The molecule has 0 aromatic heterocycles. The Morgan fingerprint density at radius 2 is 0.962 bits per heavy atom. The van der Waals surface area contributed by atoms with Crippen LogP contribution in [0.15, 0.2) is 12.2 Å². The van der Waals surface area contributed by atoms with Gasteiger partial charge in [0.05, 0.1) is 34.4 Å². The maximum Gasteiger partial charge on any atom is 0.362 e. The number of aliphatic carboxylic acids is 1. The van der Waals surface area contributed by atoms with Crippen LogP contribution in [0.25, 0.3) is 0 Å². The lowest BCUT2D eigenvalue weighted by Crippen LogP contribution is -2.50. The molecule has 0 bridgehead atoms. The lowest BCUT2D eigenvalue weighted by atomic mass is 10.1. The molecule has 0 radical (unpaired) electrons. The molecular formula is C44H84NO7+. The van der Waals surface area contributed by atoms with Gasteiger partial charge in [0.15, 0.2) is 12.1 Å². The highest BCUT2D eigenvalue weighted by atomic mass is 16.6. The number of carbonyl (C=O) groups is 3. The first kappa shape index (κ1) is 50.1. The second kappa shape index (κ2) is 36.1. The highest BCUT2D eigenvalue weighted by Crippen LogP contribution is 2.15. The Labute approximate surface area is 320 Å². The fourth-order valence-electron chi connectivity index (χ4n) is 6.50. The molecule has 8 heteroatoms. The number of hydrogen-bond acceptors (Lipinski definition) is 6. The molecule has 0 saturated carbocycles. The summed E-state index contributed by atoms with van der Waals surface area (Å²) in [6.45, 7) is 4.70. The van der Waals surface area contributed by atoms with Crippen LogP contribution in [-0.4, -0.2) is 80.6 Å². The summed E-state index contributed by atoms with van der Waals surface area (Å²) >= 11 is 0. The van der Waals surface area contributed by atoms with Crippen molar-refractivity contribution in [3.05, 3.63) is 12.2 Å². The molecule has 0 saturated heterocycles. The highest BCUT2D eigenvalue weighted by molar-refractivity contribution is 5.72. The number of allylic oxidation sites excluding steroid dienone is 2. The summed E-state index contributed by atoms with van der Waals surface area (Å²) in [5.41, 5.74) is 0. The Bertz CT molecular complexity index is 869. The first-order valence-electron chi connectivity index (χ1n) is 21.7. The average molecular weight is 739 g/mol. The van der Waals surface area contributed by atoms with E-state index in [0.717, 1.165) is 38.5 Å². The molecule has 0 aromatic carbocycles. The fourth-order valence-corrected chi connectivity index (χ4v) is 6.50. The normalized spacial score (nSPS) is 13.0. The number of carboxylic acids is 1. The van der Waals surface area contributed by atoms with Crippen LogP contribution in [0.2, 0.25) is 0 Å². The number of carbonyl (C=O) groups excluding carboxylic acids is 2. The van der Waals surface area contributed by atoms with E-state index in [9.17, 15) is 19.5 Å². The van der Waals surface area contributed by atoms with Crippen molar-refractivity contribution in [3.63, 3.8) is 0 Å². The molecule has 0 heterocycles. The Kier molecular flexibility index (Phi) is 34.7. The SMILES string of the molecule is CCCCCCCCCCCC/C=C/CCCCCCCCCC(=O)OC(COCCC(C(=O)O)[N+](C)(C)C)COC(=O)CCCCCCCCC. The van der Waals surface area contributed by atoms with Crippen molar-refractivity contribution in [2.75, 3.05) is 41.0 Å². The van der Waals surface area contributed by atoms with Gasteiger partial charge in [-0.15, -0.1) is 0 Å². The summed E-state index contributed by atoms with van der Waals surface area (Å²) in [4.78, 5) is 36.7. The van der Waals surface area contributed by atoms with Crippen molar-refractivity contribution >= 4 is 17.9 Å². The number of quaternary nitrogens is 1. The number of unbranched alkanes of at least 4 members (excludes halogenated alkanes) is 23. The molecule has 0 fully saturated rings. The van der Waals surface area contributed by atoms with Gasteiger partial charge in [-0.3, -0.25) is 9.59 Å². The summed E-state index contributed by atoms with van der Waals surface area (Å²) in [5, 5.41) is 9.58. The molecule has 0 aliphatic carbocycles. The molecule has 0 amide bonds. The van der Waals surface area contributed by atoms with E-state index in [0.29, 0.717) is 19.3 Å². The van der Waals surface area contributed by atoms with Gasteiger partial charge in [-0.05, 0) is 38.5 Å². The van der Waals surface area contributed by atoms with Crippen LogP contribution in [0.5, 0.6) is 0 Å². The minimum atomic E-state index is -0.874. The zero-order valence-corrected chi connectivity index (χ0v) is 34.8. The van der Waals surface area contributed by atoms with Crippen LogP contribution in [0.1, 0.15) is 200 Å². The van der Waals surface area contributed by atoms with Crippen LogP contribution in [0, 0.1) is 0 Å². The Morgan fingerprint density at radius 1 is 0.558 bits per heavy atom. The molecule has 0 rings (SSSR count). The van der Waals surface area contributed by atoms with Crippen molar-refractivity contribution in [3.8, 4) is 0 Å². The molecule has 2 unspecified atom stereocenters. The standard InChI is InChI=1S/C44H83NO7/c1-6-8-10-12-14-15-16-17-18-19-20-21-22-23-24-25-26-27-29-31-33-35-43(47)52-40(38-50-37-36-41(44(48)49)45(3,4)5)39-51-42(46)34-32-30-28-13-11-9-7-2/h21-22,40-41H,6-20,23-39H2,1-5H3/p+1/b22-21+. The topological polar surface area (TPSA) is 99.1 Å². The van der Waals surface area contributed by atoms with Gasteiger partial charge in [0, 0.05) is 19.3 Å². The first-order chi connectivity index (χ1) is 25.1. The average Bonchev–Trinajstić information content (AvgIpc) is 3.09.